The van der Waals surface area contributed by atoms with E-state index in [0.717, 1.165) is 6.61 Å². The van der Waals surface area contributed by atoms with Gasteiger partial charge in [-0.25, -0.2) is 0 Å². The molecule has 1 aliphatic carbocycles. The van der Waals surface area contributed by atoms with E-state index in [9.17, 15) is 0 Å². The summed E-state index contributed by atoms with van der Waals surface area (Å²) in [6, 6.07) is 21.7. The molecule has 0 saturated heterocycles. The van der Waals surface area contributed by atoms with Crippen LogP contribution in [0.5, 0.6) is 0 Å². The summed E-state index contributed by atoms with van der Waals surface area (Å²) in [4.78, 5) is 0. The van der Waals surface area contributed by atoms with Gasteiger partial charge in [0.1, 0.15) is 0 Å². The maximum Gasteiger partial charge on any atom is 0.261 e. The molecular formula is C21H29NOSi. The van der Waals surface area contributed by atoms with Crippen molar-refractivity contribution in [1.82, 2.24) is 5.32 Å². The van der Waals surface area contributed by atoms with Gasteiger partial charge in [-0.15, -0.1) is 0 Å². The molecule has 3 rings (SSSR count). The van der Waals surface area contributed by atoms with E-state index < -0.39 is 8.32 Å². The van der Waals surface area contributed by atoms with Crippen LogP contribution in [0.3, 0.4) is 0 Å². The fraction of sp³-hybridized carbons (Fsp3) is 0.429. The van der Waals surface area contributed by atoms with Crippen LogP contribution in [0.4, 0.5) is 0 Å². The average Bonchev–Trinajstić information content (AvgIpc) is 3.37. The number of benzene rings is 2. The zero-order chi connectivity index (χ0) is 17.3. The van der Waals surface area contributed by atoms with Crippen molar-refractivity contribution in [2.75, 3.05) is 13.7 Å². The summed E-state index contributed by atoms with van der Waals surface area (Å²) < 4.78 is 6.96. The molecule has 24 heavy (non-hydrogen) atoms. The van der Waals surface area contributed by atoms with Crippen LogP contribution in [-0.4, -0.2) is 27.5 Å². The second-order valence-electron chi connectivity index (χ2n) is 7.98. The number of likely N-dealkylation sites (N-methyl/N-ethyl adjacent to an activating group) is 1. The summed E-state index contributed by atoms with van der Waals surface area (Å²) in [5, 5.41) is 6.25. The van der Waals surface area contributed by atoms with E-state index in [0.29, 0.717) is 0 Å². The molecule has 0 aromatic heterocycles. The minimum atomic E-state index is -2.38. The third-order valence-corrected chi connectivity index (χ3v) is 10.3. The van der Waals surface area contributed by atoms with Crippen molar-refractivity contribution >= 4 is 18.7 Å². The van der Waals surface area contributed by atoms with Crippen LogP contribution in [0.15, 0.2) is 60.7 Å². The van der Waals surface area contributed by atoms with Crippen molar-refractivity contribution in [3.8, 4) is 0 Å². The lowest BCUT2D eigenvalue weighted by molar-refractivity contribution is 0.245. The fourth-order valence-corrected chi connectivity index (χ4v) is 8.27. The zero-order valence-corrected chi connectivity index (χ0v) is 16.3. The van der Waals surface area contributed by atoms with E-state index in [1.165, 1.54) is 23.2 Å². The molecule has 0 atom stereocenters. The molecule has 0 amide bonds. The highest BCUT2D eigenvalue weighted by atomic mass is 28.4. The van der Waals surface area contributed by atoms with E-state index in [4.69, 9.17) is 4.43 Å². The van der Waals surface area contributed by atoms with Gasteiger partial charge in [0.15, 0.2) is 0 Å². The summed E-state index contributed by atoms with van der Waals surface area (Å²) in [7, 11) is -0.318. The summed E-state index contributed by atoms with van der Waals surface area (Å²) >= 11 is 0. The van der Waals surface area contributed by atoms with Crippen LogP contribution in [0.2, 0.25) is 5.04 Å². The second-order valence-corrected chi connectivity index (χ2v) is 12.3. The van der Waals surface area contributed by atoms with Gasteiger partial charge in [-0.1, -0.05) is 81.4 Å². The van der Waals surface area contributed by atoms with E-state index in [-0.39, 0.29) is 10.6 Å². The molecule has 3 heteroatoms. The van der Waals surface area contributed by atoms with Gasteiger partial charge in [0, 0.05) is 5.54 Å². The van der Waals surface area contributed by atoms with Crippen molar-refractivity contribution in [3.05, 3.63) is 60.7 Å². The van der Waals surface area contributed by atoms with Crippen LogP contribution in [0.1, 0.15) is 33.6 Å². The molecule has 0 aliphatic heterocycles. The van der Waals surface area contributed by atoms with Gasteiger partial charge in [-0.05, 0) is 35.3 Å². The van der Waals surface area contributed by atoms with E-state index in [2.05, 4.69) is 93.8 Å². The van der Waals surface area contributed by atoms with E-state index >= 15 is 0 Å². The first kappa shape index (κ1) is 17.4. The maximum absolute atomic E-state index is 6.96. The van der Waals surface area contributed by atoms with Crippen LogP contribution in [-0.2, 0) is 4.43 Å². The summed E-state index contributed by atoms with van der Waals surface area (Å²) in [5.74, 6) is 0. The lowest BCUT2D eigenvalue weighted by Gasteiger charge is -2.43. The Morgan fingerprint density at radius 3 is 1.71 bits per heavy atom. The zero-order valence-electron chi connectivity index (χ0n) is 15.3. The topological polar surface area (TPSA) is 21.3 Å². The third kappa shape index (κ3) is 3.08. The first-order valence-electron chi connectivity index (χ1n) is 8.87. The maximum atomic E-state index is 6.96. The lowest BCUT2D eigenvalue weighted by Crippen LogP contribution is -2.67. The monoisotopic (exact) mass is 339 g/mol. The number of rotatable bonds is 6. The molecule has 1 aliphatic rings. The van der Waals surface area contributed by atoms with Crippen LogP contribution in [0, 0.1) is 0 Å². The minimum Gasteiger partial charge on any atom is -0.406 e. The highest BCUT2D eigenvalue weighted by Crippen LogP contribution is 2.40. The molecule has 2 aromatic carbocycles. The average molecular weight is 340 g/mol. The molecule has 2 nitrogen and oxygen atoms in total. The van der Waals surface area contributed by atoms with Gasteiger partial charge in [-0.3, -0.25) is 0 Å². The summed E-state index contributed by atoms with van der Waals surface area (Å²) in [5.41, 5.74) is 0.188. The molecule has 2 aromatic rings. The Morgan fingerprint density at radius 2 is 1.38 bits per heavy atom. The smallest absolute Gasteiger partial charge is 0.261 e. The largest absolute Gasteiger partial charge is 0.406 e. The van der Waals surface area contributed by atoms with Crippen molar-refractivity contribution in [1.29, 1.82) is 0 Å². The number of nitrogens with one attached hydrogen (secondary N) is 1. The summed E-state index contributed by atoms with van der Waals surface area (Å²) in [6.45, 7) is 7.78. The Morgan fingerprint density at radius 1 is 0.917 bits per heavy atom. The van der Waals surface area contributed by atoms with Gasteiger partial charge in [0.05, 0.1) is 6.61 Å². The first-order valence-corrected chi connectivity index (χ1v) is 10.8. The van der Waals surface area contributed by atoms with E-state index in [1.54, 1.807) is 0 Å². The number of hydrogen-bond acceptors (Lipinski definition) is 2. The Balaban J connectivity index is 2.10. The molecule has 0 heterocycles. The Bertz CT molecular complexity index is 620. The van der Waals surface area contributed by atoms with Crippen LogP contribution < -0.4 is 15.7 Å². The Kier molecular flexibility index (Phi) is 4.69. The van der Waals surface area contributed by atoms with Gasteiger partial charge in [0.25, 0.3) is 8.32 Å². The van der Waals surface area contributed by atoms with Crippen molar-refractivity contribution in [3.63, 3.8) is 0 Å². The second kappa shape index (κ2) is 6.47. The molecule has 128 valence electrons. The Labute approximate surface area is 147 Å². The van der Waals surface area contributed by atoms with Crippen molar-refractivity contribution in [2.24, 2.45) is 0 Å². The molecule has 1 N–H and O–H groups in total. The van der Waals surface area contributed by atoms with Gasteiger partial charge in [-0.2, -0.15) is 0 Å². The molecule has 1 fully saturated rings. The molecule has 0 radical (unpaired) electrons. The molecule has 0 unspecified atom stereocenters. The Hall–Kier alpha value is -1.42. The van der Waals surface area contributed by atoms with Crippen molar-refractivity contribution < 1.29 is 4.43 Å². The van der Waals surface area contributed by atoms with Gasteiger partial charge >= 0.3 is 0 Å². The highest BCUT2D eigenvalue weighted by molar-refractivity contribution is 6.99. The predicted octanol–water partition coefficient (Wildman–Crippen LogP) is 3.32. The number of hydrogen-bond donors (Lipinski definition) is 1. The summed E-state index contributed by atoms with van der Waals surface area (Å²) in [6.07, 6.45) is 2.42. The third-order valence-electron chi connectivity index (χ3n) is 5.37. The van der Waals surface area contributed by atoms with Crippen LogP contribution in [0.25, 0.3) is 0 Å². The fourth-order valence-electron chi connectivity index (χ4n) is 3.63. The van der Waals surface area contributed by atoms with Gasteiger partial charge < -0.3 is 9.74 Å². The lowest BCUT2D eigenvalue weighted by atomic mass is 10.2. The first-order chi connectivity index (χ1) is 11.4. The standard InChI is InChI=1S/C21H29NOSi/c1-20(2,3)24(18-11-7-5-8-12-18,19-13-9-6-10-14-19)23-17-21(22-4)15-16-21/h5-14,22H,15-17H2,1-4H3. The highest BCUT2D eigenvalue weighted by Gasteiger charge is 2.52. The SMILES string of the molecule is CNC1(CO[Si](c2ccccc2)(c2ccccc2)C(C)(C)C)CC1. The quantitative estimate of drug-likeness (QED) is 0.815. The molecule has 0 bridgehead atoms. The van der Waals surface area contributed by atoms with E-state index in [1.807, 2.05) is 0 Å². The predicted molar refractivity (Wildman–Crippen MR) is 105 cm³/mol. The molecular weight excluding hydrogens is 310 g/mol. The minimum absolute atomic E-state index is 0.0551. The van der Waals surface area contributed by atoms with Gasteiger partial charge in [0.2, 0.25) is 0 Å². The van der Waals surface area contributed by atoms with Crippen LogP contribution >= 0.6 is 0 Å². The normalized spacial score (nSPS) is 16.8. The van der Waals surface area contributed by atoms with Crippen molar-refractivity contribution in [2.45, 2.75) is 44.2 Å². The molecule has 1 saturated carbocycles. The molecule has 0 spiro atoms.